The molecule has 1 aliphatic heterocycles. The smallest absolute Gasteiger partial charge is 0.376 e. The van der Waals surface area contributed by atoms with Gasteiger partial charge in [0, 0.05) is 7.11 Å². The van der Waals surface area contributed by atoms with Crippen LogP contribution < -0.4 is 0 Å². The number of carbonyl (C=O) groups is 1. The van der Waals surface area contributed by atoms with Crippen LogP contribution in [0.2, 0.25) is 0 Å². The molecule has 0 spiro atoms. The molecular formula is C14H21NO5. The lowest BCUT2D eigenvalue weighted by Gasteiger charge is -2.13. The number of nitrogens with zero attached hydrogens (tertiary/aromatic N) is 1. The van der Waals surface area contributed by atoms with E-state index in [0.717, 1.165) is 0 Å². The molecule has 0 aliphatic carbocycles. The summed E-state index contributed by atoms with van der Waals surface area (Å²) in [6.45, 7) is 6.32. The van der Waals surface area contributed by atoms with Crippen molar-refractivity contribution in [2.24, 2.45) is 5.92 Å². The summed E-state index contributed by atoms with van der Waals surface area (Å²) in [7, 11) is 2.86. The summed E-state index contributed by atoms with van der Waals surface area (Å²) in [6, 6.07) is 0. The summed E-state index contributed by atoms with van der Waals surface area (Å²) < 4.78 is 21.2. The summed E-state index contributed by atoms with van der Waals surface area (Å²) in [5.41, 5.74) is 0.466. The molecule has 20 heavy (non-hydrogen) atoms. The molecule has 1 fully saturated rings. The molecule has 6 heteroatoms. The number of rotatable bonds is 4. The van der Waals surface area contributed by atoms with Crippen molar-refractivity contribution < 1.29 is 23.4 Å². The van der Waals surface area contributed by atoms with Crippen LogP contribution in [0.5, 0.6) is 0 Å². The van der Waals surface area contributed by atoms with Gasteiger partial charge in [-0.15, -0.1) is 0 Å². The minimum Gasteiger partial charge on any atom is -0.463 e. The van der Waals surface area contributed by atoms with Crippen LogP contribution >= 0.6 is 0 Å². The first-order valence-corrected chi connectivity index (χ1v) is 6.71. The quantitative estimate of drug-likeness (QED) is 0.788. The summed E-state index contributed by atoms with van der Waals surface area (Å²) in [4.78, 5) is 16.1. The Kier molecular flexibility index (Phi) is 4.45. The highest BCUT2D eigenvalue weighted by Gasteiger charge is 2.41. The predicted molar refractivity (Wildman–Crippen MR) is 70.5 cm³/mol. The number of ether oxygens (including phenoxy) is 3. The Labute approximate surface area is 118 Å². The molecule has 0 saturated carbocycles. The standard InChI is InChI=1S/C14H21NO5/c1-7-8(2)19-9(3)11(7)13-15-10(6-17-4)12(20-13)14(16)18-5/h7-9,11H,6H2,1-5H3. The number of carbonyl (C=O) groups excluding carboxylic acids is 1. The molecule has 0 amide bonds. The highest BCUT2D eigenvalue weighted by molar-refractivity contribution is 5.87. The highest BCUT2D eigenvalue weighted by atomic mass is 16.5. The van der Waals surface area contributed by atoms with Crippen molar-refractivity contribution in [1.29, 1.82) is 0 Å². The molecule has 4 atom stereocenters. The van der Waals surface area contributed by atoms with Crippen LogP contribution in [0, 0.1) is 5.92 Å². The van der Waals surface area contributed by atoms with Crippen molar-refractivity contribution >= 4 is 5.97 Å². The fourth-order valence-electron chi connectivity index (χ4n) is 2.69. The minimum absolute atomic E-state index is 0.000424. The third kappa shape index (κ3) is 2.58. The molecule has 1 saturated heterocycles. The van der Waals surface area contributed by atoms with Gasteiger partial charge in [-0.2, -0.15) is 0 Å². The van der Waals surface area contributed by atoms with Gasteiger partial charge in [-0.1, -0.05) is 6.92 Å². The lowest BCUT2D eigenvalue weighted by molar-refractivity contribution is 0.0523. The van der Waals surface area contributed by atoms with Crippen LogP contribution in [0.3, 0.4) is 0 Å². The monoisotopic (exact) mass is 283 g/mol. The van der Waals surface area contributed by atoms with Gasteiger partial charge < -0.3 is 18.6 Å². The fourth-order valence-corrected chi connectivity index (χ4v) is 2.69. The van der Waals surface area contributed by atoms with E-state index in [-0.39, 0.29) is 36.4 Å². The van der Waals surface area contributed by atoms with Crippen LogP contribution in [0.15, 0.2) is 4.42 Å². The van der Waals surface area contributed by atoms with Gasteiger partial charge in [-0.25, -0.2) is 9.78 Å². The van der Waals surface area contributed by atoms with E-state index in [1.165, 1.54) is 7.11 Å². The Morgan fingerprint density at radius 2 is 1.95 bits per heavy atom. The van der Waals surface area contributed by atoms with E-state index >= 15 is 0 Å². The minimum atomic E-state index is -0.539. The molecule has 1 aliphatic rings. The molecule has 0 radical (unpaired) electrons. The van der Waals surface area contributed by atoms with Crippen LogP contribution in [-0.2, 0) is 20.8 Å². The fraction of sp³-hybridized carbons (Fsp3) is 0.714. The van der Waals surface area contributed by atoms with Crippen molar-refractivity contribution in [2.45, 2.75) is 45.5 Å². The Bertz CT molecular complexity index is 484. The van der Waals surface area contributed by atoms with E-state index in [4.69, 9.17) is 18.6 Å². The molecule has 6 nitrogen and oxygen atoms in total. The molecule has 1 aromatic heterocycles. The normalized spacial score (nSPS) is 29.6. The molecule has 0 bridgehead atoms. The van der Waals surface area contributed by atoms with E-state index in [2.05, 4.69) is 11.9 Å². The van der Waals surface area contributed by atoms with Gasteiger partial charge in [0.1, 0.15) is 5.69 Å². The molecule has 112 valence electrons. The van der Waals surface area contributed by atoms with E-state index < -0.39 is 5.97 Å². The number of aromatic nitrogens is 1. The first kappa shape index (κ1) is 15.0. The van der Waals surface area contributed by atoms with Crippen molar-refractivity contribution in [1.82, 2.24) is 4.98 Å². The summed E-state index contributed by atoms with van der Waals surface area (Å²) in [5, 5.41) is 0. The van der Waals surface area contributed by atoms with Crippen molar-refractivity contribution in [2.75, 3.05) is 14.2 Å². The molecule has 1 aromatic rings. The second-order valence-corrected chi connectivity index (χ2v) is 5.18. The Balaban J connectivity index is 2.35. The van der Waals surface area contributed by atoms with Crippen molar-refractivity contribution in [3.05, 3.63) is 17.3 Å². The van der Waals surface area contributed by atoms with Gasteiger partial charge in [-0.05, 0) is 19.8 Å². The summed E-state index contributed by atoms with van der Waals surface area (Å²) >= 11 is 0. The second kappa shape index (κ2) is 5.93. The Morgan fingerprint density at radius 1 is 1.25 bits per heavy atom. The number of hydrogen-bond donors (Lipinski definition) is 0. The van der Waals surface area contributed by atoms with E-state index in [1.807, 2.05) is 13.8 Å². The van der Waals surface area contributed by atoms with E-state index in [9.17, 15) is 4.79 Å². The van der Waals surface area contributed by atoms with Gasteiger partial charge >= 0.3 is 5.97 Å². The van der Waals surface area contributed by atoms with Gasteiger partial charge in [0.2, 0.25) is 11.7 Å². The average molecular weight is 283 g/mol. The molecule has 4 unspecified atom stereocenters. The number of oxazole rings is 1. The SMILES string of the molecule is COCc1nc(C2C(C)OC(C)C2C)oc1C(=O)OC. The molecule has 0 aromatic carbocycles. The average Bonchev–Trinajstić information content (AvgIpc) is 2.91. The molecule has 2 rings (SSSR count). The number of methoxy groups -OCH3 is 2. The zero-order valence-electron chi connectivity index (χ0n) is 12.5. The number of hydrogen-bond acceptors (Lipinski definition) is 6. The maximum absolute atomic E-state index is 11.7. The van der Waals surface area contributed by atoms with E-state index in [1.54, 1.807) is 7.11 Å². The van der Waals surface area contributed by atoms with Gasteiger partial charge in [0.05, 0.1) is 31.8 Å². The maximum atomic E-state index is 11.7. The summed E-state index contributed by atoms with van der Waals surface area (Å²) in [5.74, 6) is 0.386. The molecular weight excluding hydrogens is 262 g/mol. The lowest BCUT2D eigenvalue weighted by atomic mass is 9.89. The van der Waals surface area contributed by atoms with Gasteiger partial charge in [0.15, 0.2) is 0 Å². The lowest BCUT2D eigenvalue weighted by Crippen LogP contribution is -2.15. The highest BCUT2D eigenvalue weighted by Crippen LogP contribution is 2.40. The number of esters is 1. The topological polar surface area (TPSA) is 70.8 Å². The maximum Gasteiger partial charge on any atom is 0.376 e. The predicted octanol–water partition coefficient (Wildman–Crippen LogP) is 2.13. The first-order chi connectivity index (χ1) is 9.49. The van der Waals surface area contributed by atoms with Crippen LogP contribution in [0.4, 0.5) is 0 Å². The molecule has 0 N–H and O–H groups in total. The third-order valence-electron chi connectivity index (χ3n) is 3.89. The van der Waals surface area contributed by atoms with Crippen molar-refractivity contribution in [3.63, 3.8) is 0 Å². The van der Waals surface area contributed by atoms with Crippen molar-refractivity contribution in [3.8, 4) is 0 Å². The zero-order chi connectivity index (χ0) is 14.9. The Morgan fingerprint density at radius 3 is 2.45 bits per heavy atom. The van der Waals surface area contributed by atoms with Crippen LogP contribution in [0.25, 0.3) is 0 Å². The second-order valence-electron chi connectivity index (χ2n) is 5.18. The molecule has 2 heterocycles. The largest absolute Gasteiger partial charge is 0.463 e. The van der Waals surface area contributed by atoms with Crippen LogP contribution in [0.1, 0.15) is 48.8 Å². The zero-order valence-corrected chi connectivity index (χ0v) is 12.5. The van der Waals surface area contributed by atoms with E-state index in [0.29, 0.717) is 11.6 Å². The summed E-state index contributed by atoms with van der Waals surface area (Å²) in [6.07, 6.45) is 0.133. The van der Waals surface area contributed by atoms with Gasteiger partial charge in [0.25, 0.3) is 0 Å². The third-order valence-corrected chi connectivity index (χ3v) is 3.89. The van der Waals surface area contributed by atoms with Crippen LogP contribution in [-0.4, -0.2) is 37.4 Å². The van der Waals surface area contributed by atoms with Gasteiger partial charge in [-0.3, -0.25) is 0 Å². The first-order valence-electron chi connectivity index (χ1n) is 6.71. The Hall–Kier alpha value is -1.40.